The van der Waals surface area contributed by atoms with E-state index in [9.17, 15) is 9.59 Å². The maximum atomic E-state index is 12.9. The van der Waals surface area contributed by atoms with Crippen molar-refractivity contribution >= 4 is 22.8 Å². The van der Waals surface area contributed by atoms with Crippen LogP contribution >= 0.6 is 0 Å². The van der Waals surface area contributed by atoms with E-state index in [4.69, 9.17) is 4.42 Å². The van der Waals surface area contributed by atoms with Crippen LogP contribution in [-0.4, -0.2) is 47.0 Å². The van der Waals surface area contributed by atoms with Crippen LogP contribution in [0.5, 0.6) is 0 Å². The summed E-state index contributed by atoms with van der Waals surface area (Å²) in [6, 6.07) is 10.6. The van der Waals surface area contributed by atoms with Crippen LogP contribution in [0.3, 0.4) is 0 Å². The summed E-state index contributed by atoms with van der Waals surface area (Å²) in [5.74, 6) is 0.368. The van der Waals surface area contributed by atoms with Gasteiger partial charge in [0.15, 0.2) is 0 Å². The molecule has 1 aliphatic rings. The van der Waals surface area contributed by atoms with Crippen molar-refractivity contribution in [1.82, 2.24) is 14.9 Å². The van der Waals surface area contributed by atoms with Gasteiger partial charge < -0.3 is 14.2 Å². The Balaban J connectivity index is 1.55. The monoisotopic (exact) mass is 350 g/mol. The van der Waals surface area contributed by atoms with E-state index in [1.54, 1.807) is 41.6 Å². The van der Waals surface area contributed by atoms with Crippen LogP contribution in [0, 0.1) is 0 Å². The summed E-state index contributed by atoms with van der Waals surface area (Å²) in [5.41, 5.74) is -0.0355. The molecule has 1 saturated heterocycles. The fraction of sp³-hybridized carbons (Fsp3) is 0.263. The molecule has 1 aromatic carbocycles. The van der Waals surface area contributed by atoms with Crippen molar-refractivity contribution in [2.24, 2.45) is 0 Å². The first-order chi connectivity index (χ1) is 12.7. The zero-order chi connectivity index (χ0) is 17.9. The third-order valence-electron chi connectivity index (χ3n) is 4.49. The summed E-state index contributed by atoms with van der Waals surface area (Å²) in [6.07, 6.45) is 4.19. The van der Waals surface area contributed by atoms with Gasteiger partial charge in [-0.05, 0) is 24.6 Å². The molecule has 0 atom stereocenters. The number of carbonyl (C=O) groups excluding carboxylic acids is 1. The number of rotatable bonds is 2. The van der Waals surface area contributed by atoms with Crippen molar-refractivity contribution in [3.8, 4) is 0 Å². The molecule has 1 fully saturated rings. The molecule has 7 nitrogen and oxygen atoms in total. The minimum Gasteiger partial charge on any atom is -0.422 e. The van der Waals surface area contributed by atoms with E-state index in [0.29, 0.717) is 31.2 Å². The largest absolute Gasteiger partial charge is 0.422 e. The van der Waals surface area contributed by atoms with Gasteiger partial charge >= 0.3 is 5.63 Å². The zero-order valence-corrected chi connectivity index (χ0v) is 14.2. The van der Waals surface area contributed by atoms with Crippen molar-refractivity contribution in [1.29, 1.82) is 0 Å². The van der Waals surface area contributed by atoms with Crippen LogP contribution < -0.4 is 10.5 Å². The number of hydrogen-bond acceptors (Lipinski definition) is 6. The van der Waals surface area contributed by atoms with Crippen molar-refractivity contribution in [3.05, 3.63) is 64.8 Å². The number of hydrogen-bond donors (Lipinski definition) is 0. The molecule has 1 amide bonds. The van der Waals surface area contributed by atoms with E-state index in [0.717, 1.165) is 18.4 Å². The highest BCUT2D eigenvalue weighted by Gasteiger charge is 2.24. The Morgan fingerprint density at radius 3 is 2.65 bits per heavy atom. The van der Waals surface area contributed by atoms with Gasteiger partial charge in [-0.15, -0.1) is 0 Å². The molecule has 3 aromatic rings. The van der Waals surface area contributed by atoms with Gasteiger partial charge in [0.1, 0.15) is 11.1 Å². The lowest BCUT2D eigenvalue weighted by Gasteiger charge is -2.21. The maximum Gasteiger partial charge on any atom is 0.349 e. The summed E-state index contributed by atoms with van der Waals surface area (Å²) in [5, 5.41) is 0.740. The molecule has 3 heterocycles. The van der Waals surface area contributed by atoms with E-state index in [1.807, 2.05) is 12.1 Å². The first kappa shape index (κ1) is 16.3. The average Bonchev–Trinajstić information content (AvgIpc) is 2.94. The summed E-state index contributed by atoms with van der Waals surface area (Å²) in [6.45, 7) is 2.46. The second-order valence-corrected chi connectivity index (χ2v) is 6.17. The van der Waals surface area contributed by atoms with Crippen LogP contribution in [0.1, 0.15) is 16.8 Å². The quantitative estimate of drug-likeness (QED) is 0.657. The predicted octanol–water partition coefficient (Wildman–Crippen LogP) is 1.94. The molecule has 0 unspecified atom stereocenters. The van der Waals surface area contributed by atoms with Gasteiger partial charge in [0.05, 0.1) is 0 Å². The molecule has 0 spiro atoms. The Labute approximate surface area is 149 Å². The van der Waals surface area contributed by atoms with Crippen LogP contribution in [-0.2, 0) is 0 Å². The van der Waals surface area contributed by atoms with Gasteiger partial charge in [-0.1, -0.05) is 18.2 Å². The molecule has 0 saturated carbocycles. The number of fused-ring (bicyclic) bond motifs is 1. The van der Waals surface area contributed by atoms with Crippen LogP contribution in [0.25, 0.3) is 11.0 Å². The second-order valence-electron chi connectivity index (χ2n) is 6.17. The van der Waals surface area contributed by atoms with E-state index in [-0.39, 0.29) is 11.5 Å². The third-order valence-corrected chi connectivity index (χ3v) is 4.49. The first-order valence-corrected chi connectivity index (χ1v) is 8.56. The van der Waals surface area contributed by atoms with Gasteiger partial charge in [-0.2, -0.15) is 0 Å². The highest BCUT2D eigenvalue weighted by molar-refractivity contribution is 5.96. The molecule has 4 rings (SSSR count). The normalized spacial score (nSPS) is 15.1. The minimum absolute atomic E-state index is 0.0770. The standard InChI is InChI=1S/C19H18N4O3/c24-17(15-13-14-5-1-2-6-16(14)26-18(15)25)22-9-4-10-23(12-11-22)19-20-7-3-8-21-19/h1-3,5-8,13H,4,9-12H2. The third kappa shape index (κ3) is 3.15. The van der Waals surface area contributed by atoms with Crippen LogP contribution in [0.2, 0.25) is 0 Å². The molecule has 0 bridgehead atoms. The van der Waals surface area contributed by atoms with Crippen molar-refractivity contribution in [2.45, 2.75) is 6.42 Å². The molecular weight excluding hydrogens is 332 g/mol. The highest BCUT2D eigenvalue weighted by atomic mass is 16.4. The Kier molecular flexibility index (Phi) is 4.35. The number of aromatic nitrogens is 2. The topological polar surface area (TPSA) is 79.5 Å². The fourth-order valence-corrected chi connectivity index (χ4v) is 3.16. The van der Waals surface area contributed by atoms with E-state index in [1.165, 1.54) is 0 Å². The molecule has 0 radical (unpaired) electrons. The molecule has 7 heteroatoms. The van der Waals surface area contributed by atoms with Crippen LogP contribution in [0.4, 0.5) is 5.95 Å². The summed E-state index contributed by atoms with van der Waals surface area (Å²) >= 11 is 0. The van der Waals surface area contributed by atoms with E-state index in [2.05, 4.69) is 14.9 Å². The van der Waals surface area contributed by atoms with E-state index >= 15 is 0 Å². The van der Waals surface area contributed by atoms with Gasteiger partial charge in [-0.3, -0.25) is 4.79 Å². The minimum atomic E-state index is -0.596. The SMILES string of the molecule is O=C(c1cc2ccccc2oc1=O)N1CCCN(c2ncccn2)CC1. The van der Waals surface area contributed by atoms with Gasteiger partial charge in [0, 0.05) is 44.0 Å². The predicted molar refractivity (Wildman–Crippen MR) is 97.2 cm³/mol. The first-order valence-electron chi connectivity index (χ1n) is 8.56. The number of para-hydroxylation sites is 1. The molecule has 1 aliphatic heterocycles. The molecule has 0 aliphatic carbocycles. The lowest BCUT2D eigenvalue weighted by molar-refractivity contribution is 0.0763. The maximum absolute atomic E-state index is 12.9. The summed E-state index contributed by atoms with van der Waals surface area (Å²) in [7, 11) is 0. The number of amides is 1. The molecule has 0 N–H and O–H groups in total. The number of anilines is 1. The van der Waals surface area contributed by atoms with Crippen molar-refractivity contribution in [2.75, 3.05) is 31.1 Å². The van der Waals surface area contributed by atoms with Crippen molar-refractivity contribution in [3.63, 3.8) is 0 Å². The smallest absolute Gasteiger partial charge is 0.349 e. The molecule has 132 valence electrons. The number of benzene rings is 1. The fourth-order valence-electron chi connectivity index (χ4n) is 3.16. The number of nitrogens with zero attached hydrogens (tertiary/aromatic N) is 4. The summed E-state index contributed by atoms with van der Waals surface area (Å²) < 4.78 is 5.29. The van der Waals surface area contributed by atoms with Crippen LogP contribution in [0.15, 0.2) is 58.0 Å². The Morgan fingerprint density at radius 2 is 1.81 bits per heavy atom. The Morgan fingerprint density at radius 1 is 1.00 bits per heavy atom. The molecular formula is C19H18N4O3. The zero-order valence-electron chi connectivity index (χ0n) is 14.2. The second kappa shape index (κ2) is 6.95. The van der Waals surface area contributed by atoms with Gasteiger partial charge in [0.2, 0.25) is 5.95 Å². The van der Waals surface area contributed by atoms with Gasteiger partial charge in [0.25, 0.3) is 5.91 Å². The Hall–Kier alpha value is -3.22. The lowest BCUT2D eigenvalue weighted by Crippen LogP contribution is -2.37. The molecule has 2 aromatic heterocycles. The average molecular weight is 350 g/mol. The number of carbonyl (C=O) groups is 1. The van der Waals surface area contributed by atoms with Gasteiger partial charge in [-0.25, -0.2) is 14.8 Å². The molecule has 26 heavy (non-hydrogen) atoms. The summed E-state index contributed by atoms with van der Waals surface area (Å²) in [4.78, 5) is 37.4. The Bertz CT molecular complexity index is 987. The van der Waals surface area contributed by atoms with E-state index < -0.39 is 5.63 Å². The van der Waals surface area contributed by atoms with Crippen molar-refractivity contribution < 1.29 is 9.21 Å². The highest BCUT2D eigenvalue weighted by Crippen LogP contribution is 2.15. The lowest BCUT2D eigenvalue weighted by atomic mass is 10.1.